The van der Waals surface area contributed by atoms with Gasteiger partial charge in [0.2, 0.25) is 0 Å². The second-order valence-electron chi connectivity index (χ2n) is 2.42. The van der Waals surface area contributed by atoms with Crippen LogP contribution in [0.3, 0.4) is 0 Å². The van der Waals surface area contributed by atoms with Gasteiger partial charge in [-0.25, -0.2) is 0 Å². The molecule has 59 valence electrons. The van der Waals surface area contributed by atoms with Crippen molar-refractivity contribution in [2.24, 2.45) is 0 Å². The Morgan fingerprint density at radius 2 is 1.92 bits per heavy atom. The van der Waals surface area contributed by atoms with E-state index in [1.807, 2.05) is 31.2 Å². The molecule has 0 amide bonds. The van der Waals surface area contributed by atoms with Gasteiger partial charge in [-0.1, -0.05) is 13.0 Å². The molecule has 1 rings (SSSR count). The Labute approximate surface area is 99.3 Å². The van der Waals surface area contributed by atoms with Crippen molar-refractivity contribution in [1.82, 2.24) is 0 Å². The molecular formula is C11H11Y-. The van der Waals surface area contributed by atoms with Crippen LogP contribution in [0.2, 0.25) is 0 Å². The molecule has 1 heteroatoms. The average molecular weight is 232 g/mol. The molecule has 0 N–H and O–H groups in total. The van der Waals surface area contributed by atoms with Gasteiger partial charge in [0.05, 0.1) is 0 Å². The van der Waals surface area contributed by atoms with Gasteiger partial charge >= 0.3 is 0 Å². The van der Waals surface area contributed by atoms with Crippen molar-refractivity contribution in [3.05, 3.63) is 48.0 Å². The Morgan fingerprint density at radius 3 is 2.33 bits per heavy atom. The van der Waals surface area contributed by atoms with Crippen molar-refractivity contribution < 1.29 is 32.7 Å². The minimum absolute atomic E-state index is 0. The molecule has 0 aliphatic heterocycles. The van der Waals surface area contributed by atoms with Crippen molar-refractivity contribution in [3.63, 3.8) is 0 Å². The molecule has 0 aromatic heterocycles. The van der Waals surface area contributed by atoms with Gasteiger partial charge in [0.1, 0.15) is 0 Å². The third-order valence-corrected chi connectivity index (χ3v) is 1.70. The summed E-state index contributed by atoms with van der Waals surface area (Å²) in [6, 6.07) is 6.90. The van der Waals surface area contributed by atoms with E-state index in [1.165, 1.54) is 5.56 Å². The first-order chi connectivity index (χ1) is 5.29. The molecule has 0 aliphatic carbocycles. The SMILES string of the molecule is C=Cc1c[c-]cc(C)c1C=C.[Y]. The van der Waals surface area contributed by atoms with Crippen molar-refractivity contribution in [3.8, 4) is 0 Å². The standard InChI is InChI=1S/C11H11.Y/c1-4-10-8-6-7-9(3)11(10)5-2;/h4-5,7-8H,1-2H2,3H3;/q-1;. The number of benzene rings is 1. The van der Waals surface area contributed by atoms with E-state index in [0.29, 0.717) is 0 Å². The molecule has 0 saturated heterocycles. The van der Waals surface area contributed by atoms with Crippen LogP contribution in [0.15, 0.2) is 25.3 Å². The summed E-state index contributed by atoms with van der Waals surface area (Å²) in [6.45, 7) is 9.49. The van der Waals surface area contributed by atoms with E-state index in [4.69, 9.17) is 0 Å². The predicted octanol–water partition coefficient (Wildman–Crippen LogP) is 3.08. The molecule has 0 bridgehead atoms. The van der Waals surface area contributed by atoms with Crippen molar-refractivity contribution >= 4 is 12.2 Å². The molecular weight excluding hydrogens is 221 g/mol. The average Bonchev–Trinajstić information content (AvgIpc) is 2.04. The quantitative estimate of drug-likeness (QED) is 0.687. The molecule has 0 fully saturated rings. The largest absolute Gasteiger partial charge is 0.183 e. The molecule has 0 atom stereocenters. The molecule has 0 unspecified atom stereocenters. The monoisotopic (exact) mass is 232 g/mol. The zero-order chi connectivity index (χ0) is 8.27. The molecule has 0 nitrogen and oxygen atoms in total. The van der Waals surface area contributed by atoms with E-state index >= 15 is 0 Å². The minimum Gasteiger partial charge on any atom is -0.183 e. The normalized spacial score (nSPS) is 8.42. The van der Waals surface area contributed by atoms with Gasteiger partial charge in [-0.15, -0.1) is 30.4 Å². The molecule has 0 heterocycles. The Balaban J connectivity index is 0.00000121. The number of hydrogen-bond acceptors (Lipinski definition) is 0. The van der Waals surface area contributed by atoms with Crippen LogP contribution in [0.5, 0.6) is 0 Å². The second kappa shape index (κ2) is 5.45. The molecule has 0 saturated carbocycles. The third-order valence-electron chi connectivity index (χ3n) is 1.70. The van der Waals surface area contributed by atoms with E-state index in [9.17, 15) is 0 Å². The zero-order valence-electron chi connectivity index (χ0n) is 7.30. The summed E-state index contributed by atoms with van der Waals surface area (Å²) < 4.78 is 0. The summed E-state index contributed by atoms with van der Waals surface area (Å²) in [4.78, 5) is 0. The summed E-state index contributed by atoms with van der Waals surface area (Å²) in [5, 5.41) is 0. The Bertz CT molecular complexity index is 287. The fourth-order valence-electron chi connectivity index (χ4n) is 1.09. The van der Waals surface area contributed by atoms with Crippen LogP contribution in [0, 0.1) is 13.0 Å². The minimum atomic E-state index is 0. The van der Waals surface area contributed by atoms with Gasteiger partial charge in [-0.2, -0.15) is 23.8 Å². The van der Waals surface area contributed by atoms with Crippen molar-refractivity contribution in [2.75, 3.05) is 0 Å². The van der Waals surface area contributed by atoms with Crippen LogP contribution in [0.1, 0.15) is 16.7 Å². The maximum atomic E-state index is 3.74. The van der Waals surface area contributed by atoms with E-state index in [1.54, 1.807) is 0 Å². The molecule has 12 heavy (non-hydrogen) atoms. The smallest absolute Gasteiger partial charge is 0 e. The van der Waals surface area contributed by atoms with Gasteiger partial charge in [0.25, 0.3) is 0 Å². The van der Waals surface area contributed by atoms with Gasteiger partial charge < -0.3 is 0 Å². The fraction of sp³-hybridized carbons (Fsp3) is 0.0909. The molecule has 0 aliphatic rings. The molecule has 1 aromatic rings. The first kappa shape index (κ1) is 11.8. The van der Waals surface area contributed by atoms with Gasteiger partial charge in [-0.05, 0) is 0 Å². The van der Waals surface area contributed by atoms with E-state index in [2.05, 4.69) is 19.2 Å². The molecule has 1 aromatic carbocycles. The summed E-state index contributed by atoms with van der Waals surface area (Å²) >= 11 is 0. The van der Waals surface area contributed by atoms with Crippen LogP contribution in [-0.4, -0.2) is 0 Å². The van der Waals surface area contributed by atoms with Crippen LogP contribution in [0.25, 0.3) is 12.2 Å². The summed E-state index contributed by atoms with van der Waals surface area (Å²) in [7, 11) is 0. The third kappa shape index (κ3) is 2.40. The van der Waals surface area contributed by atoms with Crippen LogP contribution >= 0.6 is 0 Å². The summed E-state index contributed by atoms with van der Waals surface area (Å²) in [5.41, 5.74) is 3.44. The van der Waals surface area contributed by atoms with Gasteiger partial charge in [0.15, 0.2) is 0 Å². The van der Waals surface area contributed by atoms with Crippen molar-refractivity contribution in [2.45, 2.75) is 6.92 Å². The maximum absolute atomic E-state index is 3.74. The van der Waals surface area contributed by atoms with E-state index < -0.39 is 0 Å². The zero-order valence-corrected chi connectivity index (χ0v) is 10.1. The van der Waals surface area contributed by atoms with E-state index in [0.717, 1.165) is 11.1 Å². The predicted molar refractivity (Wildman–Crippen MR) is 50.2 cm³/mol. The van der Waals surface area contributed by atoms with Gasteiger partial charge in [-0.3, -0.25) is 0 Å². The van der Waals surface area contributed by atoms with Crippen LogP contribution < -0.4 is 0 Å². The Morgan fingerprint density at radius 1 is 1.25 bits per heavy atom. The first-order valence-corrected chi connectivity index (χ1v) is 3.55. The van der Waals surface area contributed by atoms with Crippen molar-refractivity contribution in [1.29, 1.82) is 0 Å². The van der Waals surface area contributed by atoms with Crippen LogP contribution in [0.4, 0.5) is 0 Å². The van der Waals surface area contributed by atoms with Crippen LogP contribution in [-0.2, 0) is 32.7 Å². The van der Waals surface area contributed by atoms with E-state index in [-0.39, 0.29) is 32.7 Å². The number of hydrogen-bond donors (Lipinski definition) is 0. The maximum Gasteiger partial charge on any atom is 0 e. The molecule has 0 spiro atoms. The topological polar surface area (TPSA) is 0 Å². The second-order valence-corrected chi connectivity index (χ2v) is 2.42. The summed E-state index contributed by atoms with van der Waals surface area (Å²) in [5.74, 6) is 0. The number of rotatable bonds is 2. The first-order valence-electron chi connectivity index (χ1n) is 3.55. The Hall–Kier alpha value is -0.196. The van der Waals surface area contributed by atoms with Gasteiger partial charge in [0, 0.05) is 32.7 Å². The fourth-order valence-corrected chi connectivity index (χ4v) is 1.09. The Kier molecular flexibility index (Phi) is 5.36. The summed E-state index contributed by atoms with van der Waals surface area (Å²) in [6.07, 6.45) is 3.67. The number of aryl methyl sites for hydroxylation is 1. The molecule has 1 radical (unpaired) electrons.